The van der Waals surface area contributed by atoms with Gasteiger partial charge in [0.15, 0.2) is 5.82 Å². The SMILES string of the molecule is CC(C)(C)NC(=O)N1CCN(c2nc(-c3ccc(Cl)cc3)nc3ccccc23)CC1. The van der Waals surface area contributed by atoms with Crippen molar-refractivity contribution in [1.82, 2.24) is 20.2 Å². The van der Waals surface area contributed by atoms with Crippen LogP contribution in [0.1, 0.15) is 20.8 Å². The van der Waals surface area contributed by atoms with E-state index in [0.717, 1.165) is 35.4 Å². The Labute approximate surface area is 181 Å². The highest BCUT2D eigenvalue weighted by Crippen LogP contribution is 2.28. The first-order valence-corrected chi connectivity index (χ1v) is 10.5. The van der Waals surface area contributed by atoms with Crippen molar-refractivity contribution in [3.8, 4) is 11.4 Å². The minimum atomic E-state index is -0.245. The molecule has 4 rings (SSSR count). The summed E-state index contributed by atoms with van der Waals surface area (Å²) in [7, 11) is 0. The molecule has 2 heterocycles. The number of nitrogens with zero attached hydrogens (tertiary/aromatic N) is 4. The number of halogens is 1. The predicted molar refractivity (Wildman–Crippen MR) is 122 cm³/mol. The molecule has 0 spiro atoms. The minimum Gasteiger partial charge on any atom is -0.352 e. The van der Waals surface area contributed by atoms with Crippen LogP contribution in [-0.2, 0) is 0 Å². The number of benzene rings is 2. The Bertz CT molecular complexity index is 1050. The number of para-hydroxylation sites is 1. The molecule has 1 saturated heterocycles. The maximum absolute atomic E-state index is 12.5. The summed E-state index contributed by atoms with van der Waals surface area (Å²) >= 11 is 6.04. The maximum Gasteiger partial charge on any atom is 0.317 e. The standard InChI is InChI=1S/C23H26ClN5O/c1-23(2,3)27-22(30)29-14-12-28(13-15-29)21-18-6-4-5-7-19(18)25-20(26-21)16-8-10-17(24)11-9-16/h4-11H,12-15H2,1-3H3,(H,27,30). The number of nitrogens with one attached hydrogen (secondary N) is 1. The molecule has 0 radical (unpaired) electrons. The summed E-state index contributed by atoms with van der Waals surface area (Å²) in [6, 6.07) is 15.6. The van der Waals surface area contributed by atoms with Crippen molar-refractivity contribution >= 4 is 34.4 Å². The molecule has 0 aliphatic carbocycles. The lowest BCUT2D eigenvalue weighted by Gasteiger charge is -2.37. The van der Waals surface area contributed by atoms with E-state index in [1.165, 1.54) is 0 Å². The molecule has 1 fully saturated rings. The summed E-state index contributed by atoms with van der Waals surface area (Å²) in [4.78, 5) is 26.3. The normalized spacial score (nSPS) is 14.8. The zero-order valence-electron chi connectivity index (χ0n) is 17.5. The summed E-state index contributed by atoms with van der Waals surface area (Å²) in [6.07, 6.45) is 0. The average molecular weight is 424 g/mol. The summed E-state index contributed by atoms with van der Waals surface area (Å²) in [5.74, 6) is 1.58. The van der Waals surface area contributed by atoms with Crippen molar-refractivity contribution in [3.63, 3.8) is 0 Å². The molecule has 1 aliphatic heterocycles. The Morgan fingerprint density at radius 2 is 1.63 bits per heavy atom. The second kappa shape index (κ2) is 8.11. The van der Waals surface area contributed by atoms with Crippen LogP contribution in [0.2, 0.25) is 5.02 Å². The quantitative estimate of drug-likeness (QED) is 0.655. The van der Waals surface area contributed by atoms with Crippen molar-refractivity contribution < 1.29 is 4.79 Å². The van der Waals surface area contributed by atoms with Crippen LogP contribution in [0.5, 0.6) is 0 Å². The fraction of sp³-hybridized carbons (Fsp3) is 0.348. The number of rotatable bonds is 2. The van der Waals surface area contributed by atoms with Gasteiger partial charge in [-0.25, -0.2) is 14.8 Å². The van der Waals surface area contributed by atoms with Crippen molar-refractivity contribution in [2.75, 3.05) is 31.1 Å². The lowest BCUT2D eigenvalue weighted by atomic mass is 10.1. The van der Waals surface area contributed by atoms with Crippen molar-refractivity contribution in [2.24, 2.45) is 0 Å². The number of hydrogen-bond donors (Lipinski definition) is 1. The molecule has 0 unspecified atom stereocenters. The van der Waals surface area contributed by atoms with E-state index in [9.17, 15) is 4.79 Å². The van der Waals surface area contributed by atoms with E-state index in [1.807, 2.05) is 68.1 Å². The van der Waals surface area contributed by atoms with Crippen molar-refractivity contribution in [2.45, 2.75) is 26.3 Å². The Morgan fingerprint density at radius 3 is 2.30 bits per heavy atom. The van der Waals surface area contributed by atoms with Gasteiger partial charge in [-0.05, 0) is 57.2 Å². The van der Waals surface area contributed by atoms with Crippen LogP contribution in [0, 0.1) is 0 Å². The van der Waals surface area contributed by atoms with E-state index in [1.54, 1.807) is 0 Å². The zero-order valence-corrected chi connectivity index (χ0v) is 18.3. The van der Waals surface area contributed by atoms with Gasteiger partial charge in [-0.15, -0.1) is 0 Å². The molecule has 30 heavy (non-hydrogen) atoms. The molecule has 0 saturated carbocycles. The molecule has 0 bridgehead atoms. The van der Waals surface area contributed by atoms with Crippen LogP contribution in [0.4, 0.5) is 10.6 Å². The van der Waals surface area contributed by atoms with Gasteiger partial charge in [0.05, 0.1) is 5.52 Å². The number of piperazine rings is 1. The Hall–Kier alpha value is -2.86. The highest BCUT2D eigenvalue weighted by molar-refractivity contribution is 6.30. The highest BCUT2D eigenvalue weighted by atomic mass is 35.5. The molecule has 1 aromatic heterocycles. The second-order valence-corrected chi connectivity index (χ2v) is 8.99. The van der Waals surface area contributed by atoms with E-state index >= 15 is 0 Å². The van der Waals surface area contributed by atoms with E-state index in [0.29, 0.717) is 23.9 Å². The van der Waals surface area contributed by atoms with Gasteiger partial charge < -0.3 is 15.1 Å². The first-order chi connectivity index (χ1) is 14.3. The molecule has 156 valence electrons. The minimum absolute atomic E-state index is 0.0171. The molecular weight excluding hydrogens is 398 g/mol. The lowest BCUT2D eigenvalue weighted by Crippen LogP contribution is -2.55. The Kier molecular flexibility index (Phi) is 5.52. The fourth-order valence-corrected chi connectivity index (χ4v) is 3.68. The molecular formula is C23H26ClN5O. The van der Waals surface area contributed by atoms with Crippen molar-refractivity contribution in [3.05, 3.63) is 53.6 Å². The van der Waals surface area contributed by atoms with Crippen LogP contribution < -0.4 is 10.2 Å². The monoisotopic (exact) mass is 423 g/mol. The zero-order chi connectivity index (χ0) is 21.3. The van der Waals surface area contributed by atoms with Gasteiger partial charge in [0.2, 0.25) is 0 Å². The second-order valence-electron chi connectivity index (χ2n) is 8.55. The van der Waals surface area contributed by atoms with E-state index < -0.39 is 0 Å². The largest absolute Gasteiger partial charge is 0.352 e. The summed E-state index contributed by atoms with van der Waals surface area (Å²) in [5.41, 5.74) is 1.58. The van der Waals surface area contributed by atoms with E-state index in [4.69, 9.17) is 21.6 Å². The molecule has 7 heteroatoms. The van der Waals surface area contributed by atoms with Crippen LogP contribution in [0.3, 0.4) is 0 Å². The van der Waals surface area contributed by atoms with Gasteiger partial charge in [0, 0.05) is 47.7 Å². The van der Waals surface area contributed by atoms with Crippen LogP contribution in [0.25, 0.3) is 22.3 Å². The summed E-state index contributed by atoms with van der Waals surface area (Å²) < 4.78 is 0. The molecule has 1 aliphatic rings. The number of carbonyl (C=O) groups excluding carboxylic acids is 1. The number of fused-ring (bicyclic) bond motifs is 1. The third-order valence-electron chi connectivity index (χ3n) is 5.03. The third-order valence-corrected chi connectivity index (χ3v) is 5.29. The first-order valence-electron chi connectivity index (χ1n) is 10.1. The third kappa shape index (κ3) is 4.49. The number of aromatic nitrogens is 2. The molecule has 2 amide bonds. The highest BCUT2D eigenvalue weighted by Gasteiger charge is 2.26. The average Bonchev–Trinajstić information content (AvgIpc) is 2.72. The van der Waals surface area contributed by atoms with Gasteiger partial charge in [0.25, 0.3) is 0 Å². The number of hydrogen-bond acceptors (Lipinski definition) is 4. The Morgan fingerprint density at radius 1 is 0.967 bits per heavy atom. The van der Waals surface area contributed by atoms with Crippen LogP contribution in [0.15, 0.2) is 48.5 Å². The number of anilines is 1. The van der Waals surface area contributed by atoms with Gasteiger partial charge in [0.1, 0.15) is 5.82 Å². The van der Waals surface area contributed by atoms with Gasteiger partial charge in [-0.1, -0.05) is 23.7 Å². The fourth-order valence-electron chi connectivity index (χ4n) is 3.55. The number of amides is 2. The van der Waals surface area contributed by atoms with Gasteiger partial charge >= 0.3 is 6.03 Å². The van der Waals surface area contributed by atoms with E-state index in [-0.39, 0.29) is 11.6 Å². The van der Waals surface area contributed by atoms with Gasteiger partial charge in [-0.3, -0.25) is 0 Å². The first kappa shape index (κ1) is 20.4. The summed E-state index contributed by atoms with van der Waals surface area (Å²) in [5, 5.41) is 4.74. The molecule has 0 atom stereocenters. The Balaban J connectivity index is 1.61. The van der Waals surface area contributed by atoms with Crippen molar-refractivity contribution in [1.29, 1.82) is 0 Å². The van der Waals surface area contributed by atoms with Crippen LogP contribution in [-0.4, -0.2) is 52.6 Å². The molecule has 1 N–H and O–H groups in total. The smallest absolute Gasteiger partial charge is 0.317 e. The van der Waals surface area contributed by atoms with Gasteiger partial charge in [-0.2, -0.15) is 0 Å². The number of carbonyl (C=O) groups is 1. The molecule has 3 aromatic rings. The lowest BCUT2D eigenvalue weighted by molar-refractivity contribution is 0.185. The topological polar surface area (TPSA) is 61.4 Å². The number of urea groups is 1. The predicted octanol–water partition coefficient (Wildman–Crippen LogP) is 4.58. The van der Waals surface area contributed by atoms with Crippen LogP contribution >= 0.6 is 11.6 Å². The molecule has 6 nitrogen and oxygen atoms in total. The molecule has 2 aromatic carbocycles. The van der Waals surface area contributed by atoms with E-state index in [2.05, 4.69) is 16.3 Å². The maximum atomic E-state index is 12.5. The summed E-state index contributed by atoms with van der Waals surface area (Å²) in [6.45, 7) is 8.72.